The van der Waals surface area contributed by atoms with Crippen molar-refractivity contribution in [1.82, 2.24) is 15.1 Å². The van der Waals surface area contributed by atoms with Gasteiger partial charge >= 0.3 is 5.97 Å². The third-order valence-electron chi connectivity index (χ3n) is 3.73. The number of nitrogens with one attached hydrogen (secondary N) is 1. The van der Waals surface area contributed by atoms with Crippen LogP contribution in [0.25, 0.3) is 0 Å². The van der Waals surface area contributed by atoms with Gasteiger partial charge in [0.2, 0.25) is 0 Å². The van der Waals surface area contributed by atoms with Crippen LogP contribution >= 0.6 is 11.8 Å². The topological polar surface area (TPSA) is 84.2 Å². The molecule has 25 heavy (non-hydrogen) atoms. The summed E-state index contributed by atoms with van der Waals surface area (Å²) in [6, 6.07) is 6.92. The summed E-state index contributed by atoms with van der Waals surface area (Å²) in [5.74, 6) is -1.31. The van der Waals surface area contributed by atoms with Crippen LogP contribution in [0.4, 0.5) is 0 Å². The molecule has 0 bridgehead atoms. The van der Waals surface area contributed by atoms with Crippen molar-refractivity contribution in [3.8, 4) is 0 Å². The van der Waals surface area contributed by atoms with Gasteiger partial charge in [-0.2, -0.15) is 5.10 Å². The highest BCUT2D eigenvalue weighted by molar-refractivity contribution is 7.98. The van der Waals surface area contributed by atoms with Crippen LogP contribution in [0.1, 0.15) is 49.2 Å². The van der Waals surface area contributed by atoms with Gasteiger partial charge in [-0.15, -0.1) is 11.8 Å². The first-order chi connectivity index (χ1) is 11.7. The fourth-order valence-corrected chi connectivity index (χ4v) is 2.72. The van der Waals surface area contributed by atoms with Crippen molar-refractivity contribution in [3.05, 3.63) is 47.8 Å². The van der Waals surface area contributed by atoms with Gasteiger partial charge < -0.3 is 10.4 Å². The molecule has 0 saturated carbocycles. The summed E-state index contributed by atoms with van der Waals surface area (Å²) < 4.78 is 1.71. The Morgan fingerprint density at radius 1 is 1.28 bits per heavy atom. The highest BCUT2D eigenvalue weighted by Gasteiger charge is 2.21. The number of hydrogen-bond donors (Lipinski definition) is 2. The van der Waals surface area contributed by atoms with E-state index >= 15 is 0 Å². The van der Waals surface area contributed by atoms with Gasteiger partial charge in [0, 0.05) is 11.1 Å². The Morgan fingerprint density at radius 2 is 1.92 bits per heavy atom. The van der Waals surface area contributed by atoms with Crippen LogP contribution in [0.2, 0.25) is 0 Å². The molecule has 2 N–H and O–H groups in total. The molecule has 0 aliphatic heterocycles. The molecule has 0 radical (unpaired) electrons. The van der Waals surface area contributed by atoms with Crippen molar-refractivity contribution in [3.63, 3.8) is 0 Å². The zero-order valence-electron chi connectivity index (χ0n) is 14.8. The lowest BCUT2D eigenvalue weighted by atomic mass is 10.0. The third kappa shape index (κ3) is 5.09. The highest BCUT2D eigenvalue weighted by atomic mass is 32.2. The van der Waals surface area contributed by atoms with E-state index in [2.05, 4.69) is 10.4 Å². The molecule has 1 heterocycles. The van der Waals surface area contributed by atoms with Crippen molar-refractivity contribution >= 4 is 23.6 Å². The number of carbonyl (C=O) groups excluding carboxylic acids is 1. The van der Waals surface area contributed by atoms with E-state index in [1.54, 1.807) is 22.6 Å². The average molecular weight is 361 g/mol. The Labute approximate surface area is 151 Å². The largest absolute Gasteiger partial charge is 0.481 e. The maximum atomic E-state index is 12.5. The molecule has 0 fully saturated rings. The van der Waals surface area contributed by atoms with Gasteiger partial charge in [0.05, 0.1) is 29.8 Å². The second-order valence-corrected chi connectivity index (χ2v) is 7.62. The molecule has 134 valence electrons. The van der Waals surface area contributed by atoms with E-state index < -0.39 is 12.0 Å². The van der Waals surface area contributed by atoms with E-state index in [0.29, 0.717) is 5.56 Å². The number of benzene rings is 1. The molecule has 0 saturated heterocycles. The lowest BCUT2D eigenvalue weighted by Gasteiger charge is -2.19. The molecular formula is C18H23N3O3S. The van der Waals surface area contributed by atoms with Crippen molar-refractivity contribution in [1.29, 1.82) is 0 Å². The molecule has 6 nitrogen and oxygen atoms in total. The first kappa shape index (κ1) is 19.1. The molecule has 7 heteroatoms. The quantitative estimate of drug-likeness (QED) is 0.771. The van der Waals surface area contributed by atoms with Crippen LogP contribution < -0.4 is 5.32 Å². The van der Waals surface area contributed by atoms with Crippen LogP contribution in [0.3, 0.4) is 0 Å². The Bertz CT molecular complexity index is 748. The minimum Gasteiger partial charge on any atom is -0.481 e. The van der Waals surface area contributed by atoms with Crippen molar-refractivity contribution in [2.45, 2.75) is 43.7 Å². The summed E-state index contributed by atoms with van der Waals surface area (Å²) in [5, 5.41) is 16.2. The lowest BCUT2D eigenvalue weighted by Crippen LogP contribution is -2.30. The third-order valence-corrected chi connectivity index (χ3v) is 4.48. The minimum atomic E-state index is -0.968. The van der Waals surface area contributed by atoms with Crippen molar-refractivity contribution in [2.24, 2.45) is 0 Å². The van der Waals surface area contributed by atoms with E-state index in [0.717, 1.165) is 10.5 Å². The molecule has 1 aromatic heterocycles. The van der Waals surface area contributed by atoms with Crippen LogP contribution in [0, 0.1) is 0 Å². The summed E-state index contributed by atoms with van der Waals surface area (Å²) >= 11 is 1.60. The van der Waals surface area contributed by atoms with Crippen LogP contribution in [-0.2, 0) is 10.3 Å². The van der Waals surface area contributed by atoms with E-state index in [1.165, 1.54) is 6.20 Å². The molecule has 0 aliphatic rings. The Morgan fingerprint density at radius 3 is 2.40 bits per heavy atom. The molecule has 1 unspecified atom stereocenters. The highest BCUT2D eigenvalue weighted by Crippen LogP contribution is 2.22. The number of carbonyl (C=O) groups is 2. The Kier molecular flexibility index (Phi) is 5.89. The van der Waals surface area contributed by atoms with Crippen LogP contribution in [-0.4, -0.2) is 33.0 Å². The summed E-state index contributed by atoms with van der Waals surface area (Å²) in [6.07, 6.45) is 4.95. The number of thioether (sulfide) groups is 1. The molecule has 0 aliphatic carbocycles. The predicted molar refractivity (Wildman–Crippen MR) is 97.9 cm³/mol. The van der Waals surface area contributed by atoms with E-state index in [4.69, 9.17) is 5.11 Å². The predicted octanol–water partition coefficient (Wildman–Crippen LogP) is 3.31. The second kappa shape index (κ2) is 7.74. The standard InChI is InChI=1S/C18H23N3O3S/c1-18(2,3)21-11-13(10-19-21)17(24)20-15(9-16(22)23)12-5-7-14(25-4)8-6-12/h5-8,10-11,15H,9H2,1-4H3,(H,20,24)(H,22,23). The minimum absolute atomic E-state index is 0.183. The molecular weight excluding hydrogens is 338 g/mol. The number of rotatable bonds is 6. The lowest BCUT2D eigenvalue weighted by molar-refractivity contribution is -0.137. The van der Waals surface area contributed by atoms with E-state index in [-0.39, 0.29) is 17.9 Å². The van der Waals surface area contributed by atoms with Crippen LogP contribution in [0.5, 0.6) is 0 Å². The van der Waals surface area contributed by atoms with Crippen molar-refractivity contribution < 1.29 is 14.7 Å². The zero-order chi connectivity index (χ0) is 18.6. The fourth-order valence-electron chi connectivity index (χ4n) is 2.31. The normalized spacial score (nSPS) is 12.6. The molecule has 1 aromatic carbocycles. The van der Waals surface area contributed by atoms with Gasteiger partial charge in [0.25, 0.3) is 5.91 Å². The summed E-state index contributed by atoms with van der Waals surface area (Å²) in [6.45, 7) is 5.96. The molecule has 2 rings (SSSR count). The number of amides is 1. The number of hydrogen-bond acceptors (Lipinski definition) is 4. The average Bonchev–Trinajstić information content (AvgIpc) is 3.04. The first-order valence-corrected chi connectivity index (χ1v) is 9.15. The van der Waals surface area contributed by atoms with Gasteiger partial charge in [-0.3, -0.25) is 14.3 Å². The molecule has 2 aromatic rings. The molecule has 1 amide bonds. The fraction of sp³-hybridized carbons (Fsp3) is 0.389. The molecule has 1 atom stereocenters. The van der Waals surface area contributed by atoms with Crippen LogP contribution in [0.15, 0.2) is 41.6 Å². The Balaban J connectivity index is 2.19. The number of carboxylic acid groups (broad SMARTS) is 1. The summed E-state index contributed by atoms with van der Waals surface area (Å²) in [4.78, 5) is 24.8. The van der Waals surface area contributed by atoms with Crippen molar-refractivity contribution in [2.75, 3.05) is 6.26 Å². The summed E-state index contributed by atoms with van der Waals surface area (Å²) in [5.41, 5.74) is 0.940. The zero-order valence-corrected chi connectivity index (χ0v) is 15.6. The van der Waals surface area contributed by atoms with Gasteiger partial charge in [-0.1, -0.05) is 12.1 Å². The monoisotopic (exact) mass is 361 g/mol. The van der Waals surface area contributed by atoms with E-state index in [9.17, 15) is 9.59 Å². The molecule has 0 spiro atoms. The SMILES string of the molecule is CSc1ccc(C(CC(=O)O)NC(=O)c2cnn(C(C)(C)C)c2)cc1. The van der Waals surface area contributed by atoms with Gasteiger partial charge in [0.15, 0.2) is 0 Å². The Hall–Kier alpha value is -2.28. The number of aromatic nitrogens is 2. The number of aliphatic carboxylic acids is 1. The number of nitrogens with zero attached hydrogens (tertiary/aromatic N) is 2. The second-order valence-electron chi connectivity index (χ2n) is 6.74. The first-order valence-electron chi connectivity index (χ1n) is 7.92. The maximum absolute atomic E-state index is 12.5. The maximum Gasteiger partial charge on any atom is 0.305 e. The van der Waals surface area contributed by atoms with Gasteiger partial charge in [-0.25, -0.2) is 0 Å². The smallest absolute Gasteiger partial charge is 0.305 e. The van der Waals surface area contributed by atoms with Gasteiger partial charge in [0.1, 0.15) is 0 Å². The van der Waals surface area contributed by atoms with Gasteiger partial charge in [-0.05, 0) is 44.7 Å². The van der Waals surface area contributed by atoms with E-state index in [1.807, 2.05) is 51.3 Å². The summed E-state index contributed by atoms with van der Waals surface area (Å²) in [7, 11) is 0. The number of carboxylic acids is 1.